The van der Waals surface area contributed by atoms with Crippen molar-refractivity contribution >= 4 is 87.2 Å². The van der Waals surface area contributed by atoms with Crippen molar-refractivity contribution in [1.82, 2.24) is 0 Å². The maximum absolute atomic E-state index is 13.2. The molecule has 1 atom stereocenters. The van der Waals surface area contributed by atoms with E-state index >= 15 is 0 Å². The number of halogens is 1. The van der Waals surface area contributed by atoms with E-state index in [1.54, 1.807) is 46.9 Å². The van der Waals surface area contributed by atoms with E-state index in [1.165, 1.54) is 54.6 Å². The van der Waals surface area contributed by atoms with Crippen molar-refractivity contribution in [2.24, 2.45) is 10.2 Å². The quantitative estimate of drug-likeness (QED) is 0.0878. The van der Waals surface area contributed by atoms with Crippen molar-refractivity contribution in [3.05, 3.63) is 84.4 Å². The van der Waals surface area contributed by atoms with Crippen LogP contribution in [0.5, 0.6) is 0 Å². The standard InChI is InChI=1S/C24H18IN5O6S3/c25-15-38(33,34)30-24-12-11-23(28-27-22-4-2-1-3-16(22)14-26)20-10-9-19(13-21(20)24)39(35,36)29-17-5-7-18(8-6-17)37(31)32/h1-13,29-30H,15H2,(H,31,32). The lowest BCUT2D eigenvalue weighted by atomic mass is 10.1. The first-order valence-corrected chi connectivity index (χ1v) is 16.6. The zero-order chi connectivity index (χ0) is 28.2. The molecule has 0 amide bonds. The Morgan fingerprint density at radius 1 is 0.872 bits per heavy atom. The van der Waals surface area contributed by atoms with Gasteiger partial charge in [-0.1, -0.05) is 40.8 Å². The summed E-state index contributed by atoms with van der Waals surface area (Å²) in [5.74, 6) is 0. The molecule has 0 aliphatic rings. The Labute approximate surface area is 240 Å². The summed E-state index contributed by atoms with van der Waals surface area (Å²) in [7, 11) is -7.85. The fraction of sp³-hybridized carbons (Fsp3) is 0.0417. The van der Waals surface area contributed by atoms with E-state index in [9.17, 15) is 26.3 Å². The molecule has 4 aromatic carbocycles. The summed E-state index contributed by atoms with van der Waals surface area (Å²) >= 11 is -0.508. The molecule has 0 saturated heterocycles. The van der Waals surface area contributed by atoms with Gasteiger partial charge in [0, 0.05) is 16.5 Å². The van der Waals surface area contributed by atoms with E-state index in [4.69, 9.17) is 4.55 Å². The molecule has 11 nitrogen and oxygen atoms in total. The van der Waals surface area contributed by atoms with Crippen LogP contribution in [0.15, 0.2) is 98.9 Å². The molecule has 0 heterocycles. The molecule has 15 heteroatoms. The Bertz CT molecular complexity index is 1870. The van der Waals surface area contributed by atoms with Crippen LogP contribution in [0.4, 0.5) is 22.7 Å². The summed E-state index contributed by atoms with van der Waals surface area (Å²) in [6.07, 6.45) is 0. The second-order valence-corrected chi connectivity index (χ2v) is 14.0. The van der Waals surface area contributed by atoms with Crippen molar-refractivity contribution in [1.29, 1.82) is 5.26 Å². The predicted octanol–water partition coefficient (Wildman–Crippen LogP) is 5.64. The van der Waals surface area contributed by atoms with Gasteiger partial charge in [-0.15, -0.1) is 10.2 Å². The van der Waals surface area contributed by atoms with Gasteiger partial charge in [0.25, 0.3) is 10.0 Å². The molecule has 3 N–H and O–H groups in total. The van der Waals surface area contributed by atoms with Gasteiger partial charge in [-0.2, -0.15) is 5.26 Å². The molecule has 0 spiro atoms. The lowest BCUT2D eigenvalue weighted by Crippen LogP contribution is -2.14. The van der Waals surface area contributed by atoms with Crippen LogP contribution < -0.4 is 9.44 Å². The molecule has 0 aromatic heterocycles. The average Bonchev–Trinajstić information content (AvgIpc) is 2.92. The van der Waals surface area contributed by atoms with E-state index < -0.39 is 31.1 Å². The van der Waals surface area contributed by atoms with Crippen LogP contribution in [0.2, 0.25) is 0 Å². The minimum absolute atomic E-state index is 0.106. The van der Waals surface area contributed by atoms with Crippen molar-refractivity contribution < 1.29 is 25.6 Å². The van der Waals surface area contributed by atoms with Crippen LogP contribution in [0.3, 0.4) is 0 Å². The minimum Gasteiger partial charge on any atom is -0.302 e. The summed E-state index contributed by atoms with van der Waals surface area (Å²) < 4.78 is 75.9. The number of rotatable bonds is 9. The van der Waals surface area contributed by atoms with E-state index in [2.05, 4.69) is 19.7 Å². The van der Waals surface area contributed by atoms with Gasteiger partial charge < -0.3 is 4.55 Å². The number of benzene rings is 4. The topological polar surface area (TPSA) is 178 Å². The number of sulfonamides is 2. The first-order valence-electron chi connectivity index (χ1n) is 10.8. The van der Waals surface area contributed by atoms with E-state index in [0.29, 0.717) is 22.3 Å². The third kappa shape index (κ3) is 6.78. The van der Waals surface area contributed by atoms with Crippen molar-refractivity contribution in [3.63, 3.8) is 0 Å². The van der Waals surface area contributed by atoms with Crippen molar-refractivity contribution in [2.45, 2.75) is 9.79 Å². The Hall–Kier alpha value is -3.43. The molecule has 0 aliphatic carbocycles. The second-order valence-electron chi connectivity index (χ2n) is 7.87. The summed E-state index contributed by atoms with van der Waals surface area (Å²) in [6, 6.07) is 21.1. The maximum Gasteiger partial charge on any atom is 0.261 e. The first kappa shape index (κ1) is 28.6. The van der Waals surface area contributed by atoms with Gasteiger partial charge in [-0.05, 0) is 60.7 Å². The zero-order valence-electron chi connectivity index (χ0n) is 19.6. The van der Waals surface area contributed by atoms with Gasteiger partial charge in [0.15, 0.2) is 11.1 Å². The van der Waals surface area contributed by atoms with Gasteiger partial charge in [-0.3, -0.25) is 9.44 Å². The third-order valence-electron chi connectivity index (χ3n) is 5.28. The number of nitriles is 1. The summed E-state index contributed by atoms with van der Waals surface area (Å²) in [5, 5.41) is 18.4. The highest BCUT2D eigenvalue weighted by Crippen LogP contribution is 2.36. The lowest BCUT2D eigenvalue weighted by Gasteiger charge is -2.13. The highest BCUT2D eigenvalue weighted by molar-refractivity contribution is 14.1. The summed E-state index contributed by atoms with van der Waals surface area (Å²) in [4.78, 5) is -0.0569. The molecule has 1 unspecified atom stereocenters. The number of nitrogens with zero attached hydrogens (tertiary/aromatic N) is 3. The largest absolute Gasteiger partial charge is 0.302 e. The average molecular weight is 696 g/mol. The van der Waals surface area contributed by atoms with E-state index in [0.717, 1.165) is 0 Å². The van der Waals surface area contributed by atoms with Crippen LogP contribution in [0.1, 0.15) is 5.56 Å². The van der Waals surface area contributed by atoms with Crippen LogP contribution in [-0.2, 0) is 31.1 Å². The minimum atomic E-state index is -4.14. The molecule has 0 bridgehead atoms. The Morgan fingerprint density at radius 3 is 2.23 bits per heavy atom. The van der Waals surface area contributed by atoms with Gasteiger partial charge in [-0.25, -0.2) is 21.0 Å². The monoisotopic (exact) mass is 695 g/mol. The Kier molecular flexibility index (Phi) is 8.61. The number of azo groups is 1. The number of hydrogen-bond donors (Lipinski definition) is 3. The SMILES string of the molecule is N#Cc1ccccc1N=Nc1ccc(NS(=O)(=O)CI)c2cc(S(=O)(=O)Nc3ccc(S(=O)O)cc3)ccc12. The van der Waals surface area contributed by atoms with Gasteiger partial charge >= 0.3 is 0 Å². The smallest absolute Gasteiger partial charge is 0.261 e. The molecule has 0 radical (unpaired) electrons. The van der Waals surface area contributed by atoms with E-state index in [1.807, 2.05) is 6.07 Å². The molecule has 4 rings (SSSR count). The van der Waals surface area contributed by atoms with Crippen LogP contribution in [-0.4, -0.2) is 29.4 Å². The number of hydrogen-bond acceptors (Lipinski definition) is 8. The van der Waals surface area contributed by atoms with Crippen LogP contribution in [0, 0.1) is 11.3 Å². The molecule has 0 saturated carbocycles. The molecule has 39 heavy (non-hydrogen) atoms. The lowest BCUT2D eigenvalue weighted by molar-refractivity contribution is 0.564. The zero-order valence-corrected chi connectivity index (χ0v) is 24.3. The fourth-order valence-electron chi connectivity index (χ4n) is 3.47. The Balaban J connectivity index is 1.80. The highest BCUT2D eigenvalue weighted by Gasteiger charge is 2.19. The van der Waals surface area contributed by atoms with Crippen molar-refractivity contribution in [2.75, 3.05) is 13.2 Å². The molecule has 0 fully saturated rings. The Morgan fingerprint density at radius 2 is 1.56 bits per heavy atom. The van der Waals surface area contributed by atoms with Gasteiger partial charge in [0.1, 0.15) is 15.5 Å². The van der Waals surface area contributed by atoms with Crippen LogP contribution >= 0.6 is 22.6 Å². The molecular formula is C24H18IN5O6S3. The van der Waals surface area contributed by atoms with E-state index in [-0.39, 0.29) is 30.3 Å². The third-order valence-corrected chi connectivity index (χ3v) is 10.6. The molecular weight excluding hydrogens is 677 g/mol. The molecule has 4 aromatic rings. The number of fused-ring (bicyclic) bond motifs is 1. The highest BCUT2D eigenvalue weighted by atomic mass is 127. The fourth-order valence-corrected chi connectivity index (χ4v) is 5.95. The maximum atomic E-state index is 13.2. The van der Waals surface area contributed by atoms with Crippen molar-refractivity contribution in [3.8, 4) is 6.07 Å². The molecule has 200 valence electrons. The number of alkyl halides is 1. The number of anilines is 2. The second kappa shape index (κ2) is 11.8. The normalized spacial score (nSPS) is 12.7. The summed E-state index contributed by atoms with van der Waals surface area (Å²) in [6.45, 7) is 0. The molecule has 0 aliphatic heterocycles. The number of nitrogens with one attached hydrogen (secondary N) is 2. The van der Waals surface area contributed by atoms with Gasteiger partial charge in [0.05, 0.1) is 26.7 Å². The van der Waals surface area contributed by atoms with Gasteiger partial charge in [0.2, 0.25) is 10.0 Å². The first-order chi connectivity index (χ1) is 18.5. The van der Waals surface area contributed by atoms with Crippen LogP contribution in [0.25, 0.3) is 10.8 Å². The predicted molar refractivity (Wildman–Crippen MR) is 157 cm³/mol. The summed E-state index contributed by atoms with van der Waals surface area (Å²) in [5.41, 5.74) is 1.27.